The molecule has 14 rings (SSSR count). The smallest absolute Gasteiger partial charge is 0.143 e. The Kier molecular flexibility index (Phi) is 8.50. The highest BCUT2D eigenvalue weighted by Crippen LogP contribution is 2.68. The first kappa shape index (κ1) is 38.4. The normalized spacial score (nSPS) is 12.8. The summed E-state index contributed by atoms with van der Waals surface area (Å²) in [4.78, 5) is 2.45. The van der Waals surface area contributed by atoms with Crippen molar-refractivity contribution in [3.8, 4) is 67.2 Å². The lowest BCUT2D eigenvalue weighted by molar-refractivity contribution is 0.596. The van der Waals surface area contributed by atoms with Gasteiger partial charge in [-0.3, -0.25) is 0 Å². The molecule has 2 aliphatic rings. The largest absolute Gasteiger partial charge is 0.455 e. The molecule has 3 nitrogen and oxygen atoms in total. The first-order chi connectivity index (χ1) is 33.8. The molecule has 2 aliphatic carbocycles. The molecule has 12 aromatic rings. The fourth-order valence-corrected chi connectivity index (χ4v) is 11.5. The highest BCUT2D eigenvalue weighted by molar-refractivity contribution is 6.10. The zero-order valence-corrected chi connectivity index (χ0v) is 36.9. The van der Waals surface area contributed by atoms with Crippen molar-refractivity contribution in [3.05, 3.63) is 271 Å². The molecule has 2 heterocycles. The fraction of sp³-hybridized carbons (Fsp3) is 0.0154. The fourth-order valence-electron chi connectivity index (χ4n) is 11.5. The SMILES string of the molecule is c1ccc(-c2ccccc2N(c2ccc(-c3cccc4c3oc3ccccc34)cc2)c2cccc3c2-c2oc(-c4ccccc4)c(-c4ccccc4)c2C32c3ccccc3-c3ccccc32)cc1. The number of hydrogen-bond acceptors (Lipinski definition) is 3. The zero-order valence-electron chi connectivity index (χ0n) is 36.9. The van der Waals surface area contributed by atoms with Crippen LogP contribution in [0.1, 0.15) is 22.3 Å². The van der Waals surface area contributed by atoms with Crippen molar-refractivity contribution in [2.75, 3.05) is 4.90 Å². The van der Waals surface area contributed by atoms with Crippen LogP contribution in [-0.4, -0.2) is 0 Å². The van der Waals surface area contributed by atoms with E-state index in [9.17, 15) is 0 Å². The number of furan rings is 2. The van der Waals surface area contributed by atoms with Crippen molar-refractivity contribution in [3.63, 3.8) is 0 Å². The summed E-state index contributed by atoms with van der Waals surface area (Å²) in [6, 6.07) is 89.6. The second kappa shape index (κ2) is 15.1. The molecule has 0 N–H and O–H groups in total. The molecule has 3 heteroatoms. The molecular weight excluding hydrogens is 827 g/mol. The number of fused-ring (bicyclic) bond motifs is 13. The van der Waals surface area contributed by atoms with Gasteiger partial charge in [-0.25, -0.2) is 0 Å². The van der Waals surface area contributed by atoms with Gasteiger partial charge >= 0.3 is 0 Å². The molecule has 0 bridgehead atoms. The van der Waals surface area contributed by atoms with Gasteiger partial charge in [0, 0.05) is 49.8 Å². The molecule has 318 valence electrons. The second-order valence-electron chi connectivity index (χ2n) is 17.8. The van der Waals surface area contributed by atoms with Gasteiger partial charge in [0.2, 0.25) is 0 Å². The molecule has 2 aromatic heterocycles. The van der Waals surface area contributed by atoms with Crippen molar-refractivity contribution >= 4 is 39.0 Å². The number of rotatable bonds is 7. The highest BCUT2D eigenvalue weighted by Gasteiger charge is 2.56. The molecule has 0 saturated heterocycles. The Morgan fingerprint density at radius 2 is 0.824 bits per heavy atom. The lowest BCUT2D eigenvalue weighted by Crippen LogP contribution is -2.26. The molecule has 1 spiro atoms. The molecule has 0 amide bonds. The van der Waals surface area contributed by atoms with E-state index in [1.165, 1.54) is 33.4 Å². The van der Waals surface area contributed by atoms with Crippen molar-refractivity contribution in [2.24, 2.45) is 0 Å². The summed E-state index contributed by atoms with van der Waals surface area (Å²) in [5.41, 5.74) is 20.4. The van der Waals surface area contributed by atoms with E-state index in [-0.39, 0.29) is 0 Å². The Hall–Kier alpha value is -8.92. The van der Waals surface area contributed by atoms with Crippen LogP contribution in [0.2, 0.25) is 0 Å². The van der Waals surface area contributed by atoms with E-state index in [0.29, 0.717) is 0 Å². The molecule has 68 heavy (non-hydrogen) atoms. The summed E-state index contributed by atoms with van der Waals surface area (Å²) in [6.07, 6.45) is 0. The predicted octanol–water partition coefficient (Wildman–Crippen LogP) is 17.7. The first-order valence-electron chi connectivity index (χ1n) is 23.3. The number of para-hydroxylation sites is 3. The zero-order chi connectivity index (χ0) is 44.8. The summed E-state index contributed by atoms with van der Waals surface area (Å²) < 4.78 is 14.2. The number of hydrogen-bond donors (Lipinski definition) is 0. The summed E-state index contributed by atoms with van der Waals surface area (Å²) in [6.45, 7) is 0. The quantitative estimate of drug-likeness (QED) is 0.160. The van der Waals surface area contributed by atoms with Gasteiger partial charge in [0.25, 0.3) is 0 Å². The van der Waals surface area contributed by atoms with Gasteiger partial charge in [-0.2, -0.15) is 0 Å². The van der Waals surface area contributed by atoms with Gasteiger partial charge in [0.05, 0.1) is 16.8 Å². The van der Waals surface area contributed by atoms with Gasteiger partial charge in [-0.05, 0) is 74.8 Å². The van der Waals surface area contributed by atoms with Crippen LogP contribution >= 0.6 is 0 Å². The number of nitrogens with zero attached hydrogens (tertiary/aromatic N) is 1. The molecule has 10 aromatic carbocycles. The van der Waals surface area contributed by atoms with E-state index >= 15 is 0 Å². The monoisotopic (exact) mass is 867 g/mol. The van der Waals surface area contributed by atoms with E-state index in [2.05, 4.69) is 241 Å². The standard InChI is InChI=1S/C65H41NO2/c1-4-20-42(21-5-1)47-26-12-16-35-56(47)66(46-40-38-43(39-41-46)48-30-18-31-52-51-29-13-17-37-58(51)67-63(48)52)57-36-19-34-55-60(57)64-61(65(55)53-32-14-10-27-49(53)50-28-11-15-33-54(50)65)59(44-22-6-2-7-23-44)62(68-64)45-24-8-3-9-25-45/h1-41H. The van der Waals surface area contributed by atoms with Crippen LogP contribution in [0.4, 0.5) is 17.1 Å². The van der Waals surface area contributed by atoms with Gasteiger partial charge in [0.15, 0.2) is 0 Å². The van der Waals surface area contributed by atoms with Gasteiger partial charge in [-0.15, -0.1) is 0 Å². The summed E-state index contributed by atoms with van der Waals surface area (Å²) in [7, 11) is 0. The lowest BCUT2D eigenvalue weighted by Gasteiger charge is -2.33. The maximum atomic E-state index is 7.62. The van der Waals surface area contributed by atoms with Crippen molar-refractivity contribution in [1.82, 2.24) is 0 Å². The lowest BCUT2D eigenvalue weighted by atomic mass is 9.69. The van der Waals surface area contributed by atoms with E-state index in [4.69, 9.17) is 8.83 Å². The molecule has 0 radical (unpaired) electrons. The summed E-state index contributed by atoms with van der Waals surface area (Å²) >= 11 is 0. The van der Waals surface area contributed by atoms with Crippen LogP contribution in [-0.2, 0) is 5.41 Å². The Morgan fingerprint density at radius 3 is 1.54 bits per heavy atom. The van der Waals surface area contributed by atoms with Crippen LogP contribution in [0.25, 0.3) is 89.1 Å². The third-order valence-corrected chi connectivity index (χ3v) is 14.3. The van der Waals surface area contributed by atoms with Crippen LogP contribution < -0.4 is 4.90 Å². The average molecular weight is 868 g/mol. The molecule has 0 atom stereocenters. The molecule has 0 unspecified atom stereocenters. The van der Waals surface area contributed by atoms with Crippen molar-refractivity contribution in [1.29, 1.82) is 0 Å². The van der Waals surface area contributed by atoms with E-state index in [0.717, 1.165) is 95.0 Å². The minimum atomic E-state index is -0.685. The maximum Gasteiger partial charge on any atom is 0.143 e. The van der Waals surface area contributed by atoms with Crippen molar-refractivity contribution < 1.29 is 8.83 Å². The molecule has 0 fully saturated rings. The van der Waals surface area contributed by atoms with E-state index in [1.54, 1.807) is 0 Å². The van der Waals surface area contributed by atoms with Crippen LogP contribution in [0.15, 0.2) is 258 Å². The third kappa shape index (κ3) is 5.47. The first-order valence-corrected chi connectivity index (χ1v) is 23.3. The van der Waals surface area contributed by atoms with Crippen LogP contribution in [0, 0.1) is 0 Å². The highest BCUT2D eigenvalue weighted by atomic mass is 16.3. The Balaban J connectivity index is 1.08. The Bertz CT molecular complexity index is 3850. The van der Waals surface area contributed by atoms with Crippen LogP contribution in [0.5, 0.6) is 0 Å². The minimum absolute atomic E-state index is 0.685. The van der Waals surface area contributed by atoms with E-state index < -0.39 is 5.41 Å². The molecule has 0 aliphatic heterocycles. The minimum Gasteiger partial charge on any atom is -0.455 e. The summed E-state index contributed by atoms with van der Waals surface area (Å²) in [5.74, 6) is 1.75. The third-order valence-electron chi connectivity index (χ3n) is 14.3. The van der Waals surface area contributed by atoms with Gasteiger partial charge < -0.3 is 13.7 Å². The predicted molar refractivity (Wildman–Crippen MR) is 279 cm³/mol. The molecular formula is C65H41NO2. The van der Waals surface area contributed by atoms with Gasteiger partial charge in [-0.1, -0.05) is 218 Å². The Morgan fingerprint density at radius 1 is 0.309 bits per heavy atom. The van der Waals surface area contributed by atoms with E-state index in [1.807, 2.05) is 12.1 Å². The Labute approximate surface area is 394 Å². The second-order valence-corrected chi connectivity index (χ2v) is 17.8. The topological polar surface area (TPSA) is 29.5 Å². The number of benzene rings is 10. The molecule has 0 saturated carbocycles. The average Bonchev–Trinajstić information content (AvgIpc) is 4.15. The van der Waals surface area contributed by atoms with Crippen LogP contribution in [0.3, 0.4) is 0 Å². The van der Waals surface area contributed by atoms with Gasteiger partial charge in [0.1, 0.15) is 22.7 Å². The number of anilines is 3. The summed E-state index contributed by atoms with van der Waals surface area (Å²) in [5, 5.41) is 2.24. The van der Waals surface area contributed by atoms with Crippen molar-refractivity contribution in [2.45, 2.75) is 5.41 Å². The maximum absolute atomic E-state index is 7.62.